The van der Waals surface area contributed by atoms with Gasteiger partial charge < -0.3 is 29.2 Å². The van der Waals surface area contributed by atoms with Gasteiger partial charge in [0, 0.05) is 32.3 Å². The molecule has 12 heteroatoms. The third-order valence-electron chi connectivity index (χ3n) is 11.5. The van der Waals surface area contributed by atoms with Gasteiger partial charge >= 0.3 is 23.9 Å². The lowest BCUT2D eigenvalue weighted by molar-refractivity contribution is -0.146. The van der Waals surface area contributed by atoms with Crippen molar-refractivity contribution >= 4 is 47.4 Å². The number of nitrogens with zero attached hydrogens (tertiary/aromatic N) is 3. The fourth-order valence-corrected chi connectivity index (χ4v) is 9.08. The molecule has 0 heterocycles. The van der Waals surface area contributed by atoms with E-state index in [0.717, 1.165) is 159 Å². The number of esters is 4. The van der Waals surface area contributed by atoms with Gasteiger partial charge in [0.05, 0.1) is 0 Å². The van der Waals surface area contributed by atoms with Crippen molar-refractivity contribution in [2.24, 2.45) is 0 Å². The van der Waals surface area contributed by atoms with Crippen LogP contribution in [0.5, 0.6) is 0 Å². The molecule has 1 N–H and O–H groups in total. The summed E-state index contributed by atoms with van der Waals surface area (Å²) in [6.45, 7) is 2.42. The van der Waals surface area contributed by atoms with Crippen LogP contribution in [0.25, 0.3) is 12.2 Å². The molecule has 0 aromatic heterocycles. The van der Waals surface area contributed by atoms with Crippen LogP contribution in [-0.2, 0) is 89.5 Å². The first-order chi connectivity index (χ1) is 27.6. The topological polar surface area (TPSA) is 168 Å². The molecule has 4 aliphatic carbocycles. The van der Waals surface area contributed by atoms with Crippen LogP contribution >= 0.6 is 0 Å². The highest BCUT2D eigenvalue weighted by atomic mass is 16.6. The minimum absolute atomic E-state index is 0.0739. The Labute approximate surface area is 334 Å². The van der Waals surface area contributed by atoms with Crippen molar-refractivity contribution < 1.29 is 38.1 Å². The Balaban J connectivity index is 1.18. The molecule has 2 aromatic carbocycles. The molecule has 0 unspecified atom stereocenters. The molecule has 0 aliphatic heterocycles. The number of hydrogen-bond donors (Lipinski definition) is 1. The number of rotatable bonds is 13. The summed E-state index contributed by atoms with van der Waals surface area (Å²) in [5.41, 5.74) is 12.7. The highest BCUT2D eigenvalue weighted by molar-refractivity contribution is 6.00. The first kappa shape index (κ1) is 41.0. The fraction of sp³-hybridized carbons (Fsp3) is 0.511. The molecule has 0 radical (unpaired) electrons. The summed E-state index contributed by atoms with van der Waals surface area (Å²) >= 11 is 0. The van der Waals surface area contributed by atoms with Gasteiger partial charge in [0.2, 0.25) is 0 Å². The van der Waals surface area contributed by atoms with E-state index in [1.165, 1.54) is 25.0 Å². The summed E-state index contributed by atoms with van der Waals surface area (Å²) in [5.74, 6) is -2.33. The Morgan fingerprint density at radius 2 is 0.947 bits per heavy atom. The lowest BCUT2D eigenvalue weighted by Gasteiger charge is -2.34. The quantitative estimate of drug-likeness (QED) is 0.0572. The number of carbonyl (C=O) groups excluding carboxylic acids is 4. The number of hydrogen-bond acceptors (Lipinski definition) is 12. The Kier molecular flexibility index (Phi) is 13.7. The van der Waals surface area contributed by atoms with Gasteiger partial charge in [0.15, 0.2) is 13.5 Å². The number of ether oxygens (including phenoxy) is 4. The number of fused-ring (bicyclic) bond motifs is 4. The standard InChI is InChI=1S/C45H52N4O8/c1-28(50)56-26-48-42-36-16-8-4-12-32(36)40(33-13-5-9-17-37(33)42)22-30(24-46)44(52)54-20-21-55-45(53)31(25-47)23-41-34-14-6-10-18-38(34)43(49(3)27-57-29(2)51)39-19-11-7-15-35(39)41/h22-23,48H,4-21,26-27H2,1-3H3/b30-22+,31-23+. The van der Waals surface area contributed by atoms with Crippen molar-refractivity contribution in [3.8, 4) is 12.1 Å². The third-order valence-corrected chi connectivity index (χ3v) is 11.5. The number of benzene rings is 2. The normalized spacial score (nSPS) is 15.9. The van der Waals surface area contributed by atoms with E-state index in [4.69, 9.17) is 18.9 Å². The van der Waals surface area contributed by atoms with Crippen molar-refractivity contribution in [1.29, 1.82) is 10.5 Å². The van der Waals surface area contributed by atoms with Crippen LogP contribution in [0.1, 0.15) is 121 Å². The fourth-order valence-electron chi connectivity index (χ4n) is 9.08. The highest BCUT2D eigenvalue weighted by Crippen LogP contribution is 2.44. The van der Waals surface area contributed by atoms with Crippen LogP contribution < -0.4 is 10.2 Å². The summed E-state index contributed by atoms with van der Waals surface area (Å²) in [7, 11) is 1.93. The second-order valence-corrected chi connectivity index (χ2v) is 15.2. The van der Waals surface area contributed by atoms with E-state index in [0.29, 0.717) is 0 Å². The van der Waals surface area contributed by atoms with Gasteiger partial charge in [-0.1, -0.05) is 0 Å². The molecule has 2 aromatic rings. The predicted molar refractivity (Wildman–Crippen MR) is 214 cm³/mol. The van der Waals surface area contributed by atoms with Gasteiger partial charge in [-0.15, -0.1) is 0 Å². The average Bonchev–Trinajstić information content (AvgIpc) is 3.22. The van der Waals surface area contributed by atoms with Crippen LogP contribution in [0.4, 0.5) is 11.4 Å². The van der Waals surface area contributed by atoms with Crippen LogP contribution in [0.2, 0.25) is 0 Å². The van der Waals surface area contributed by atoms with E-state index in [2.05, 4.69) is 5.32 Å². The zero-order valence-corrected chi connectivity index (χ0v) is 33.4. The van der Waals surface area contributed by atoms with E-state index in [1.54, 1.807) is 12.2 Å². The number of nitriles is 2. The summed E-state index contributed by atoms with van der Waals surface area (Å²) in [6, 6.07) is 4.07. The number of anilines is 2. The molecule has 0 bridgehead atoms. The smallest absolute Gasteiger partial charge is 0.349 e. The van der Waals surface area contributed by atoms with Gasteiger partial charge in [-0.25, -0.2) is 9.59 Å². The van der Waals surface area contributed by atoms with E-state index in [9.17, 15) is 29.7 Å². The molecule has 0 fully saturated rings. The Morgan fingerprint density at radius 3 is 1.33 bits per heavy atom. The van der Waals surface area contributed by atoms with Crippen molar-refractivity contribution in [3.05, 3.63) is 66.8 Å². The monoisotopic (exact) mass is 776 g/mol. The maximum absolute atomic E-state index is 13.3. The predicted octanol–water partition coefficient (Wildman–Crippen LogP) is 6.69. The maximum atomic E-state index is 13.3. The van der Waals surface area contributed by atoms with E-state index >= 15 is 0 Å². The second kappa shape index (κ2) is 19.0. The number of nitrogens with one attached hydrogen (secondary N) is 1. The van der Waals surface area contributed by atoms with E-state index in [1.807, 2.05) is 24.1 Å². The van der Waals surface area contributed by atoms with Crippen LogP contribution in [0.15, 0.2) is 11.1 Å². The molecular weight excluding hydrogens is 725 g/mol. The summed E-state index contributed by atoms with van der Waals surface area (Å²) in [4.78, 5) is 51.7. The van der Waals surface area contributed by atoms with Crippen molar-refractivity contribution in [3.63, 3.8) is 0 Å². The Hall–Kier alpha value is -5.62. The van der Waals surface area contributed by atoms with Crippen LogP contribution in [0, 0.1) is 22.7 Å². The van der Waals surface area contributed by atoms with Gasteiger partial charge in [-0.05, 0) is 171 Å². The molecular formula is C45H52N4O8. The second-order valence-electron chi connectivity index (χ2n) is 15.2. The first-order valence-electron chi connectivity index (χ1n) is 20.3. The largest absolute Gasteiger partial charge is 0.458 e. The highest BCUT2D eigenvalue weighted by Gasteiger charge is 2.30. The minimum Gasteiger partial charge on any atom is -0.458 e. The molecule has 57 heavy (non-hydrogen) atoms. The summed E-state index contributed by atoms with van der Waals surface area (Å²) in [6.07, 6.45) is 17.9. The lowest BCUT2D eigenvalue weighted by atomic mass is 9.77. The van der Waals surface area contributed by atoms with E-state index in [-0.39, 0.29) is 49.8 Å². The van der Waals surface area contributed by atoms with Gasteiger partial charge in [0.1, 0.15) is 36.5 Å². The summed E-state index contributed by atoms with van der Waals surface area (Å²) < 4.78 is 21.5. The van der Waals surface area contributed by atoms with Gasteiger partial charge in [-0.3, -0.25) is 9.59 Å². The molecule has 4 aliphatic rings. The maximum Gasteiger partial charge on any atom is 0.349 e. The zero-order valence-electron chi connectivity index (χ0n) is 33.4. The van der Waals surface area contributed by atoms with Crippen molar-refractivity contribution in [2.75, 3.05) is 43.9 Å². The van der Waals surface area contributed by atoms with E-state index < -0.39 is 11.9 Å². The minimum atomic E-state index is -0.812. The molecule has 0 atom stereocenters. The average molecular weight is 777 g/mol. The number of carbonyl (C=O) groups is 4. The molecule has 12 nitrogen and oxygen atoms in total. The first-order valence-corrected chi connectivity index (χ1v) is 20.3. The molecule has 6 rings (SSSR count). The molecule has 0 saturated heterocycles. The zero-order chi connectivity index (χ0) is 40.5. The van der Waals surface area contributed by atoms with Crippen molar-refractivity contribution in [1.82, 2.24) is 0 Å². The summed E-state index contributed by atoms with van der Waals surface area (Å²) in [5, 5.41) is 23.6. The lowest BCUT2D eigenvalue weighted by Crippen LogP contribution is -2.28. The van der Waals surface area contributed by atoms with Gasteiger partial charge in [0.25, 0.3) is 0 Å². The molecule has 0 saturated carbocycles. The van der Waals surface area contributed by atoms with Crippen LogP contribution in [-0.4, -0.2) is 57.6 Å². The molecule has 0 amide bonds. The third kappa shape index (κ3) is 9.34. The Bertz CT molecular complexity index is 2010. The van der Waals surface area contributed by atoms with Crippen LogP contribution in [0.3, 0.4) is 0 Å². The molecule has 300 valence electrons. The SMILES string of the molecule is CC(=O)OCNc1c2c(c(/C=C(\C#N)C(=O)OCCOC(=O)/C(C#N)=C/c3c4c(c(N(C)COC(C)=O)c5c3CCCC5)CCCC4)c3c1CCCC3)CCCC2. The van der Waals surface area contributed by atoms with Gasteiger partial charge in [-0.2, -0.15) is 10.5 Å². The molecule has 0 spiro atoms. The van der Waals surface area contributed by atoms with Crippen molar-refractivity contribution in [2.45, 2.75) is 117 Å². The Morgan fingerprint density at radius 1 is 0.579 bits per heavy atom.